The number of pyridine rings is 2. The number of benzene rings is 1. The Morgan fingerprint density at radius 2 is 1.80 bits per heavy atom. The third-order valence-electron chi connectivity index (χ3n) is 8.16. The SMILES string of the molecule is C[C@@H]1C[C@H](c2ccncc2NC(=O)c2ccc(F)c(-c3c(F)cc(OC4CCOCC4)cc3F)n2)C[C@H](O)[C@@]1(C)O. The summed E-state index contributed by atoms with van der Waals surface area (Å²) in [5.41, 5.74) is -1.81. The molecular formula is C30H32F3N3O5. The minimum absolute atomic E-state index is 0.0299. The predicted octanol–water partition coefficient (Wildman–Crippen LogP) is 5.00. The molecule has 2 aliphatic rings. The molecule has 1 aliphatic heterocycles. The molecule has 218 valence electrons. The van der Waals surface area contributed by atoms with Gasteiger partial charge in [0.05, 0.1) is 42.4 Å². The quantitative estimate of drug-likeness (QED) is 0.382. The van der Waals surface area contributed by atoms with Crippen LogP contribution < -0.4 is 10.1 Å². The zero-order valence-electron chi connectivity index (χ0n) is 22.7. The summed E-state index contributed by atoms with van der Waals surface area (Å²) in [5.74, 6) is -4.32. The van der Waals surface area contributed by atoms with E-state index >= 15 is 8.78 Å². The number of ether oxygens (including phenoxy) is 2. The van der Waals surface area contributed by atoms with Gasteiger partial charge in [-0.25, -0.2) is 18.2 Å². The molecule has 1 amide bonds. The fourth-order valence-corrected chi connectivity index (χ4v) is 5.48. The van der Waals surface area contributed by atoms with Crippen LogP contribution in [-0.2, 0) is 4.74 Å². The first-order valence-electron chi connectivity index (χ1n) is 13.6. The maximum absolute atomic E-state index is 15.1. The van der Waals surface area contributed by atoms with Crippen LogP contribution in [0, 0.1) is 23.4 Å². The molecule has 0 spiro atoms. The van der Waals surface area contributed by atoms with Gasteiger partial charge in [0, 0.05) is 31.2 Å². The van der Waals surface area contributed by atoms with E-state index in [2.05, 4.69) is 15.3 Å². The molecule has 1 aliphatic carbocycles. The number of nitrogens with one attached hydrogen (secondary N) is 1. The minimum Gasteiger partial charge on any atom is -0.490 e. The van der Waals surface area contributed by atoms with Crippen LogP contribution in [0.4, 0.5) is 18.9 Å². The molecule has 1 saturated carbocycles. The Balaban J connectivity index is 1.38. The maximum Gasteiger partial charge on any atom is 0.274 e. The Bertz CT molecular complexity index is 1390. The number of anilines is 1. The van der Waals surface area contributed by atoms with E-state index in [0.29, 0.717) is 43.7 Å². The van der Waals surface area contributed by atoms with E-state index in [1.807, 2.05) is 6.92 Å². The van der Waals surface area contributed by atoms with Crippen molar-refractivity contribution in [3.63, 3.8) is 0 Å². The second-order valence-electron chi connectivity index (χ2n) is 10.9. The zero-order valence-corrected chi connectivity index (χ0v) is 22.7. The lowest BCUT2D eigenvalue weighted by molar-refractivity contribution is -0.123. The Kier molecular flexibility index (Phi) is 8.30. The van der Waals surface area contributed by atoms with Crippen LogP contribution in [0.2, 0.25) is 0 Å². The molecule has 1 aromatic carbocycles. The van der Waals surface area contributed by atoms with Gasteiger partial charge in [-0.1, -0.05) is 6.92 Å². The lowest BCUT2D eigenvalue weighted by Gasteiger charge is -2.43. The topological polar surface area (TPSA) is 114 Å². The van der Waals surface area contributed by atoms with Crippen LogP contribution >= 0.6 is 0 Å². The van der Waals surface area contributed by atoms with Crippen molar-refractivity contribution in [2.75, 3.05) is 18.5 Å². The smallest absolute Gasteiger partial charge is 0.274 e. The largest absolute Gasteiger partial charge is 0.490 e. The number of aromatic nitrogens is 2. The van der Waals surface area contributed by atoms with E-state index in [4.69, 9.17) is 9.47 Å². The van der Waals surface area contributed by atoms with E-state index in [9.17, 15) is 19.4 Å². The summed E-state index contributed by atoms with van der Waals surface area (Å²) in [4.78, 5) is 21.2. The van der Waals surface area contributed by atoms with Gasteiger partial charge in [0.15, 0.2) is 0 Å². The lowest BCUT2D eigenvalue weighted by atomic mass is 9.69. The van der Waals surface area contributed by atoms with Gasteiger partial charge in [0.2, 0.25) is 0 Å². The summed E-state index contributed by atoms with van der Waals surface area (Å²) in [5, 5.41) is 23.8. The lowest BCUT2D eigenvalue weighted by Crippen LogP contribution is -2.49. The van der Waals surface area contributed by atoms with E-state index < -0.39 is 46.3 Å². The zero-order chi connectivity index (χ0) is 29.3. The minimum atomic E-state index is -1.24. The third-order valence-corrected chi connectivity index (χ3v) is 8.16. The molecule has 4 atom stereocenters. The van der Waals surface area contributed by atoms with E-state index in [-0.39, 0.29) is 35.8 Å². The van der Waals surface area contributed by atoms with Crippen molar-refractivity contribution in [2.45, 2.75) is 63.3 Å². The molecule has 3 heterocycles. The fourth-order valence-electron chi connectivity index (χ4n) is 5.48. The van der Waals surface area contributed by atoms with Crippen LogP contribution in [-0.4, -0.2) is 57.1 Å². The number of nitrogens with zero attached hydrogens (tertiary/aromatic N) is 2. The van der Waals surface area contributed by atoms with Gasteiger partial charge in [-0.15, -0.1) is 0 Å². The molecule has 8 nitrogen and oxygen atoms in total. The van der Waals surface area contributed by atoms with Crippen molar-refractivity contribution in [1.82, 2.24) is 9.97 Å². The molecular weight excluding hydrogens is 539 g/mol. The second kappa shape index (κ2) is 11.8. The molecule has 41 heavy (non-hydrogen) atoms. The molecule has 11 heteroatoms. The first kappa shape index (κ1) is 29.0. The number of aliphatic hydroxyl groups is 2. The van der Waals surface area contributed by atoms with Gasteiger partial charge >= 0.3 is 0 Å². The van der Waals surface area contributed by atoms with E-state index in [0.717, 1.165) is 24.3 Å². The monoisotopic (exact) mass is 571 g/mol. The number of carbonyl (C=O) groups excluding carboxylic acids is 1. The number of aliphatic hydroxyl groups excluding tert-OH is 1. The number of halogens is 3. The van der Waals surface area contributed by atoms with Gasteiger partial charge < -0.3 is 25.0 Å². The fraction of sp³-hybridized carbons (Fsp3) is 0.433. The summed E-state index contributed by atoms with van der Waals surface area (Å²) >= 11 is 0. The van der Waals surface area contributed by atoms with Gasteiger partial charge in [0.1, 0.15) is 40.7 Å². The van der Waals surface area contributed by atoms with Crippen LogP contribution in [0.25, 0.3) is 11.3 Å². The molecule has 2 fully saturated rings. The molecule has 1 saturated heterocycles. The molecule has 0 unspecified atom stereocenters. The van der Waals surface area contributed by atoms with E-state index in [1.165, 1.54) is 6.20 Å². The second-order valence-corrected chi connectivity index (χ2v) is 10.9. The third kappa shape index (κ3) is 6.07. The molecule has 5 rings (SSSR count). The maximum atomic E-state index is 15.1. The number of amides is 1. The summed E-state index contributed by atoms with van der Waals surface area (Å²) in [7, 11) is 0. The van der Waals surface area contributed by atoms with Crippen LogP contribution in [0.5, 0.6) is 5.75 Å². The normalized spacial score (nSPS) is 25.1. The number of hydrogen-bond donors (Lipinski definition) is 3. The van der Waals surface area contributed by atoms with Crippen molar-refractivity contribution in [2.24, 2.45) is 5.92 Å². The molecule has 0 bridgehead atoms. The highest BCUT2D eigenvalue weighted by Crippen LogP contribution is 2.43. The number of carbonyl (C=O) groups is 1. The average molecular weight is 572 g/mol. The number of rotatable bonds is 6. The Hall–Kier alpha value is -3.54. The van der Waals surface area contributed by atoms with Gasteiger partial charge in [-0.2, -0.15) is 0 Å². The van der Waals surface area contributed by atoms with Crippen LogP contribution in [0.3, 0.4) is 0 Å². The average Bonchev–Trinajstić information content (AvgIpc) is 2.93. The standard InChI is InChI=1S/C30H32F3N3O5/c1-16-11-17(12-26(37)30(16,2)39)20-5-8-34-15-25(20)36-29(38)24-4-3-21(31)28(35-24)27-22(32)13-19(14-23(27)33)41-18-6-9-40-10-7-18/h3-5,8,13-18,26,37,39H,6-7,9-12H2,1-2H3,(H,36,38)/t16-,17+,26+,30+/m1/s1. The van der Waals surface area contributed by atoms with Gasteiger partial charge in [0.25, 0.3) is 5.91 Å². The first-order chi connectivity index (χ1) is 19.5. The van der Waals surface area contributed by atoms with Crippen molar-refractivity contribution in [1.29, 1.82) is 0 Å². The van der Waals surface area contributed by atoms with Crippen molar-refractivity contribution in [3.05, 3.63) is 71.4 Å². The Labute approximate surface area is 235 Å². The van der Waals surface area contributed by atoms with Crippen LogP contribution in [0.1, 0.15) is 61.5 Å². The molecule has 3 aromatic rings. The summed E-state index contributed by atoms with van der Waals surface area (Å²) in [6.07, 6.45) is 3.78. The summed E-state index contributed by atoms with van der Waals surface area (Å²) < 4.78 is 55.9. The molecule has 2 aromatic heterocycles. The summed E-state index contributed by atoms with van der Waals surface area (Å²) in [6, 6.07) is 5.71. The van der Waals surface area contributed by atoms with E-state index in [1.54, 1.807) is 19.2 Å². The highest BCUT2D eigenvalue weighted by Gasteiger charge is 2.43. The van der Waals surface area contributed by atoms with Crippen LogP contribution in [0.15, 0.2) is 42.7 Å². The van der Waals surface area contributed by atoms with Gasteiger partial charge in [-0.05, 0) is 55.4 Å². The predicted molar refractivity (Wildman–Crippen MR) is 144 cm³/mol. The number of hydrogen-bond acceptors (Lipinski definition) is 7. The van der Waals surface area contributed by atoms with Gasteiger partial charge in [-0.3, -0.25) is 9.78 Å². The van der Waals surface area contributed by atoms with Crippen molar-refractivity contribution >= 4 is 11.6 Å². The first-order valence-corrected chi connectivity index (χ1v) is 13.6. The Morgan fingerprint density at radius 1 is 1.10 bits per heavy atom. The van der Waals surface area contributed by atoms with Crippen molar-refractivity contribution in [3.8, 4) is 17.0 Å². The highest BCUT2D eigenvalue weighted by molar-refractivity contribution is 6.03. The molecule has 3 N–H and O–H groups in total. The van der Waals surface area contributed by atoms with Crippen molar-refractivity contribution < 1.29 is 37.7 Å². The Morgan fingerprint density at radius 3 is 2.49 bits per heavy atom. The highest BCUT2D eigenvalue weighted by atomic mass is 19.1. The summed E-state index contributed by atoms with van der Waals surface area (Å²) in [6.45, 7) is 4.43. The molecule has 0 radical (unpaired) electrons.